The monoisotopic (exact) mass is 399 g/mol. The number of ether oxygens (including phenoxy) is 3. The summed E-state index contributed by atoms with van der Waals surface area (Å²) < 4.78 is 45.9. The average molecular weight is 400 g/mol. The molecule has 1 heterocycles. The van der Waals surface area contributed by atoms with Gasteiger partial charge in [-0.05, 0) is 15.9 Å². The number of esters is 1. The molecule has 1 aromatic rings. The maximum Gasteiger partial charge on any atom is 0.374 e. The van der Waals surface area contributed by atoms with Crippen molar-refractivity contribution < 1.29 is 31.8 Å². The first-order valence-corrected chi connectivity index (χ1v) is 8.47. The van der Waals surface area contributed by atoms with Crippen molar-refractivity contribution in [3.63, 3.8) is 0 Å². The molecule has 0 radical (unpaired) electrons. The van der Waals surface area contributed by atoms with Crippen molar-refractivity contribution in [2.75, 3.05) is 47.6 Å². The van der Waals surface area contributed by atoms with E-state index in [4.69, 9.17) is 13.9 Å². The van der Waals surface area contributed by atoms with E-state index in [1.807, 2.05) is 0 Å². The van der Waals surface area contributed by atoms with Crippen LogP contribution in [0.15, 0.2) is 20.0 Å². The first-order chi connectivity index (χ1) is 10.4. The summed E-state index contributed by atoms with van der Waals surface area (Å²) in [6, 6.07) is 1.12. The minimum atomic E-state index is -3.87. The van der Waals surface area contributed by atoms with Crippen LogP contribution in [0.5, 0.6) is 0 Å². The molecule has 0 amide bonds. The van der Waals surface area contributed by atoms with Gasteiger partial charge in [0.2, 0.25) is 15.8 Å². The number of carbonyl (C=O) groups excluding carboxylic acids is 1. The Labute approximate surface area is 137 Å². The Hall–Kier alpha value is -0.940. The molecule has 0 aliphatic carbocycles. The van der Waals surface area contributed by atoms with E-state index in [2.05, 4.69) is 20.7 Å². The SMILES string of the molecule is COCCN(CCOC)S(=O)(=O)c1cc(C(=O)OC)oc1Br. The molecule has 0 spiro atoms. The van der Waals surface area contributed by atoms with E-state index in [0.29, 0.717) is 0 Å². The van der Waals surface area contributed by atoms with Crippen molar-refractivity contribution in [2.24, 2.45) is 0 Å². The fraction of sp³-hybridized carbons (Fsp3) is 0.583. The highest BCUT2D eigenvalue weighted by molar-refractivity contribution is 9.10. The van der Waals surface area contributed by atoms with E-state index in [0.717, 1.165) is 6.07 Å². The molecule has 0 atom stereocenters. The Kier molecular flexibility index (Phi) is 7.49. The highest BCUT2D eigenvalue weighted by Gasteiger charge is 2.30. The highest BCUT2D eigenvalue weighted by Crippen LogP contribution is 2.29. The molecule has 126 valence electrons. The van der Waals surface area contributed by atoms with E-state index in [1.165, 1.54) is 25.6 Å². The predicted octanol–water partition coefficient (Wildman–Crippen LogP) is 1.11. The molecule has 8 nitrogen and oxygen atoms in total. The smallest absolute Gasteiger partial charge is 0.374 e. The Bertz CT molecular complexity index is 591. The first-order valence-electron chi connectivity index (χ1n) is 6.24. The Morgan fingerprint density at radius 2 is 1.77 bits per heavy atom. The normalized spacial score (nSPS) is 11.9. The summed E-state index contributed by atoms with van der Waals surface area (Å²) in [7, 11) is 0.258. The fourth-order valence-corrected chi connectivity index (χ4v) is 3.92. The van der Waals surface area contributed by atoms with Crippen LogP contribution in [0.1, 0.15) is 10.6 Å². The average Bonchev–Trinajstić information content (AvgIpc) is 2.89. The van der Waals surface area contributed by atoms with Gasteiger partial charge in [-0.25, -0.2) is 13.2 Å². The van der Waals surface area contributed by atoms with Crippen LogP contribution in [-0.2, 0) is 24.2 Å². The van der Waals surface area contributed by atoms with E-state index >= 15 is 0 Å². The van der Waals surface area contributed by atoms with Crippen molar-refractivity contribution in [1.29, 1.82) is 0 Å². The van der Waals surface area contributed by atoms with Crippen molar-refractivity contribution in [3.05, 3.63) is 16.5 Å². The van der Waals surface area contributed by atoms with Crippen molar-refractivity contribution in [3.8, 4) is 0 Å². The third-order valence-corrected chi connectivity index (χ3v) is 5.51. The molecule has 0 fully saturated rings. The summed E-state index contributed by atoms with van der Waals surface area (Å²) >= 11 is 3.01. The maximum atomic E-state index is 12.7. The lowest BCUT2D eigenvalue weighted by atomic mass is 10.5. The number of halogens is 1. The van der Waals surface area contributed by atoms with Gasteiger partial charge in [-0.1, -0.05) is 0 Å². The molecule has 0 unspecified atom stereocenters. The van der Waals surface area contributed by atoms with Crippen LogP contribution >= 0.6 is 15.9 Å². The van der Waals surface area contributed by atoms with Gasteiger partial charge in [0.1, 0.15) is 4.90 Å². The predicted molar refractivity (Wildman–Crippen MR) is 80.3 cm³/mol. The second-order valence-corrected chi connectivity index (χ2v) is 6.76. The van der Waals surface area contributed by atoms with Gasteiger partial charge < -0.3 is 18.6 Å². The third-order valence-electron chi connectivity index (χ3n) is 2.75. The number of methoxy groups -OCH3 is 3. The largest absolute Gasteiger partial charge is 0.463 e. The minimum Gasteiger partial charge on any atom is -0.463 e. The highest BCUT2D eigenvalue weighted by atomic mass is 79.9. The zero-order valence-corrected chi connectivity index (χ0v) is 14.9. The summed E-state index contributed by atoms with van der Waals surface area (Å²) in [5.41, 5.74) is 0. The van der Waals surface area contributed by atoms with Gasteiger partial charge in [0.25, 0.3) is 0 Å². The molecule has 0 saturated heterocycles. The number of hydrogen-bond acceptors (Lipinski definition) is 7. The van der Waals surface area contributed by atoms with E-state index in [9.17, 15) is 13.2 Å². The molecule has 22 heavy (non-hydrogen) atoms. The Morgan fingerprint density at radius 1 is 1.23 bits per heavy atom. The van der Waals surface area contributed by atoms with Crippen molar-refractivity contribution >= 4 is 31.9 Å². The van der Waals surface area contributed by atoms with Crippen LogP contribution in [0.25, 0.3) is 0 Å². The molecule has 0 saturated carbocycles. The summed E-state index contributed by atoms with van der Waals surface area (Å²) in [5, 5.41) is 0. The fourth-order valence-electron chi connectivity index (χ4n) is 1.61. The molecule has 0 N–H and O–H groups in total. The molecule has 0 aliphatic heterocycles. The molecule has 1 rings (SSSR count). The lowest BCUT2D eigenvalue weighted by Gasteiger charge is -2.20. The second kappa shape index (κ2) is 8.63. The Balaban J connectivity index is 3.12. The van der Waals surface area contributed by atoms with Crippen molar-refractivity contribution in [2.45, 2.75) is 4.90 Å². The van der Waals surface area contributed by atoms with E-state index in [1.54, 1.807) is 0 Å². The van der Waals surface area contributed by atoms with Crippen LogP contribution in [0.2, 0.25) is 0 Å². The number of furan rings is 1. The topological polar surface area (TPSA) is 95.3 Å². The third kappa shape index (κ3) is 4.53. The lowest BCUT2D eigenvalue weighted by Crippen LogP contribution is -2.36. The van der Waals surface area contributed by atoms with Gasteiger partial charge in [-0.2, -0.15) is 4.31 Å². The van der Waals surface area contributed by atoms with Gasteiger partial charge in [-0.15, -0.1) is 0 Å². The summed E-state index contributed by atoms with van der Waals surface area (Å²) in [4.78, 5) is 11.3. The number of sulfonamides is 1. The number of hydrogen-bond donors (Lipinski definition) is 0. The molecule has 0 aliphatic rings. The van der Waals surface area contributed by atoms with E-state index < -0.39 is 16.0 Å². The summed E-state index contributed by atoms with van der Waals surface area (Å²) in [6.45, 7) is 0.741. The number of rotatable bonds is 9. The van der Waals surface area contributed by atoms with Crippen LogP contribution < -0.4 is 0 Å². The molecule has 0 aromatic carbocycles. The molecule has 1 aromatic heterocycles. The summed E-state index contributed by atoms with van der Waals surface area (Å²) in [5.74, 6) is -0.964. The quantitative estimate of drug-likeness (QED) is 0.573. The first kappa shape index (κ1) is 19.1. The van der Waals surface area contributed by atoms with Crippen LogP contribution in [0.3, 0.4) is 0 Å². The molecular weight excluding hydrogens is 382 g/mol. The molecule has 0 bridgehead atoms. The van der Waals surface area contributed by atoms with Crippen LogP contribution in [0, 0.1) is 0 Å². The van der Waals surface area contributed by atoms with Gasteiger partial charge in [0.05, 0.1) is 20.3 Å². The number of carbonyl (C=O) groups is 1. The van der Waals surface area contributed by atoms with E-state index in [-0.39, 0.29) is 41.6 Å². The Morgan fingerprint density at radius 3 is 2.23 bits per heavy atom. The van der Waals surface area contributed by atoms with Gasteiger partial charge >= 0.3 is 5.97 Å². The van der Waals surface area contributed by atoms with Crippen LogP contribution in [0.4, 0.5) is 0 Å². The molecule has 10 heteroatoms. The second-order valence-electron chi connectivity index (χ2n) is 4.13. The van der Waals surface area contributed by atoms with Crippen molar-refractivity contribution in [1.82, 2.24) is 4.31 Å². The zero-order valence-electron chi connectivity index (χ0n) is 12.5. The van der Waals surface area contributed by atoms with Crippen LogP contribution in [-0.4, -0.2) is 66.3 Å². The zero-order chi connectivity index (χ0) is 16.8. The van der Waals surface area contributed by atoms with Gasteiger partial charge in [-0.3, -0.25) is 0 Å². The summed E-state index contributed by atoms with van der Waals surface area (Å²) in [6.07, 6.45) is 0. The molecular formula is C12H18BrNO7S. The number of nitrogens with zero attached hydrogens (tertiary/aromatic N) is 1. The van der Waals surface area contributed by atoms with Gasteiger partial charge in [0.15, 0.2) is 4.67 Å². The minimum absolute atomic E-state index is 0.0623. The maximum absolute atomic E-state index is 12.7. The van der Waals surface area contributed by atoms with Gasteiger partial charge in [0, 0.05) is 33.4 Å². The standard InChI is InChI=1S/C12H18BrNO7S/c1-18-6-4-14(5-7-19-2)22(16,17)10-8-9(12(15)20-3)21-11(10)13/h8H,4-7H2,1-3H3. The lowest BCUT2D eigenvalue weighted by molar-refractivity contribution is 0.0563.